The van der Waals surface area contributed by atoms with Gasteiger partial charge >= 0.3 is 6.18 Å². The predicted molar refractivity (Wildman–Crippen MR) is 79.1 cm³/mol. The van der Waals surface area contributed by atoms with Crippen molar-refractivity contribution in [3.8, 4) is 11.6 Å². The van der Waals surface area contributed by atoms with Crippen LogP contribution in [-0.2, 0) is 6.18 Å². The van der Waals surface area contributed by atoms with E-state index in [1.54, 1.807) is 31.2 Å². The van der Waals surface area contributed by atoms with Crippen LogP contribution in [0.4, 0.5) is 24.8 Å². The van der Waals surface area contributed by atoms with Gasteiger partial charge in [0.15, 0.2) is 0 Å². The summed E-state index contributed by atoms with van der Waals surface area (Å²) in [5, 5.41) is 2.83. The second-order valence-electron chi connectivity index (χ2n) is 4.43. The van der Waals surface area contributed by atoms with Crippen LogP contribution in [0.1, 0.15) is 19.4 Å². The van der Waals surface area contributed by atoms with E-state index in [0.717, 1.165) is 0 Å². The first-order valence-electron chi connectivity index (χ1n) is 7.01. The number of aromatic nitrogens is 2. The van der Waals surface area contributed by atoms with Crippen LogP contribution in [0.5, 0.6) is 11.6 Å². The third-order valence-corrected chi connectivity index (χ3v) is 2.76. The Labute approximate surface area is 131 Å². The molecule has 2 aromatic rings. The Morgan fingerprint density at radius 1 is 1.04 bits per heavy atom. The van der Waals surface area contributed by atoms with E-state index in [1.165, 1.54) is 0 Å². The Bertz CT molecular complexity index is 645. The molecule has 8 heteroatoms. The molecule has 0 saturated heterocycles. The van der Waals surface area contributed by atoms with Gasteiger partial charge in [-0.25, -0.2) is 4.98 Å². The maximum Gasteiger partial charge on any atom is 0.423 e. The molecule has 124 valence electrons. The summed E-state index contributed by atoms with van der Waals surface area (Å²) in [7, 11) is 0. The number of anilines is 2. The summed E-state index contributed by atoms with van der Waals surface area (Å²) in [5.74, 6) is 0.218. The van der Waals surface area contributed by atoms with Crippen LogP contribution in [0.25, 0.3) is 0 Å². The number of alkyl halides is 3. The zero-order valence-corrected chi connectivity index (χ0v) is 12.6. The minimum Gasteiger partial charge on any atom is -0.494 e. The molecule has 0 bridgehead atoms. The van der Waals surface area contributed by atoms with Gasteiger partial charge in [0, 0.05) is 11.9 Å². The van der Waals surface area contributed by atoms with Gasteiger partial charge in [-0.15, -0.1) is 0 Å². The molecule has 0 atom stereocenters. The zero-order valence-electron chi connectivity index (χ0n) is 12.6. The summed E-state index contributed by atoms with van der Waals surface area (Å²) in [5.41, 5.74) is -0.382. The van der Waals surface area contributed by atoms with Crippen LogP contribution < -0.4 is 14.8 Å². The molecule has 0 radical (unpaired) electrons. The average molecular weight is 327 g/mol. The van der Waals surface area contributed by atoms with E-state index >= 15 is 0 Å². The molecule has 2 rings (SSSR count). The second kappa shape index (κ2) is 7.17. The largest absolute Gasteiger partial charge is 0.494 e. The van der Waals surface area contributed by atoms with Crippen LogP contribution >= 0.6 is 0 Å². The van der Waals surface area contributed by atoms with E-state index in [2.05, 4.69) is 15.3 Å². The number of ether oxygens (including phenoxy) is 2. The maximum absolute atomic E-state index is 12.9. The van der Waals surface area contributed by atoms with Crippen molar-refractivity contribution >= 4 is 11.6 Å². The highest BCUT2D eigenvalue weighted by Gasteiger charge is 2.36. The van der Waals surface area contributed by atoms with Gasteiger partial charge in [0.1, 0.15) is 11.3 Å². The summed E-state index contributed by atoms with van der Waals surface area (Å²) < 4.78 is 48.8. The third kappa shape index (κ3) is 4.48. The van der Waals surface area contributed by atoms with Gasteiger partial charge in [0.05, 0.1) is 13.2 Å². The molecule has 0 saturated carbocycles. The van der Waals surface area contributed by atoms with E-state index < -0.39 is 17.6 Å². The number of hydrogen-bond acceptors (Lipinski definition) is 5. The summed E-state index contributed by atoms with van der Waals surface area (Å²) >= 11 is 0. The first kappa shape index (κ1) is 16.9. The molecular formula is C15H16F3N3O2. The first-order valence-corrected chi connectivity index (χ1v) is 7.01. The quantitative estimate of drug-likeness (QED) is 0.868. The Morgan fingerprint density at radius 3 is 2.26 bits per heavy atom. The number of nitrogens with zero attached hydrogens (tertiary/aromatic N) is 2. The van der Waals surface area contributed by atoms with E-state index in [0.29, 0.717) is 24.2 Å². The van der Waals surface area contributed by atoms with E-state index in [9.17, 15) is 13.2 Å². The molecule has 1 aromatic carbocycles. The van der Waals surface area contributed by atoms with Crippen LogP contribution in [-0.4, -0.2) is 23.2 Å². The fourth-order valence-corrected chi connectivity index (χ4v) is 1.80. The average Bonchev–Trinajstić information content (AvgIpc) is 2.49. The summed E-state index contributed by atoms with van der Waals surface area (Å²) in [4.78, 5) is 7.48. The molecule has 1 aromatic heterocycles. The highest BCUT2D eigenvalue weighted by molar-refractivity contribution is 5.55. The lowest BCUT2D eigenvalue weighted by molar-refractivity contribution is -0.139. The third-order valence-electron chi connectivity index (χ3n) is 2.76. The zero-order chi connectivity index (χ0) is 16.9. The Kier molecular flexibility index (Phi) is 5.25. The van der Waals surface area contributed by atoms with E-state index in [-0.39, 0.29) is 12.6 Å². The van der Waals surface area contributed by atoms with Gasteiger partial charge in [0.2, 0.25) is 11.8 Å². The minimum absolute atomic E-state index is 0.0191. The number of hydrogen-bond donors (Lipinski definition) is 1. The Morgan fingerprint density at radius 2 is 1.70 bits per heavy atom. The van der Waals surface area contributed by atoms with Crippen LogP contribution in [0.2, 0.25) is 0 Å². The van der Waals surface area contributed by atoms with Gasteiger partial charge in [0.25, 0.3) is 0 Å². The lowest BCUT2D eigenvalue weighted by Gasteiger charge is -2.13. The smallest absolute Gasteiger partial charge is 0.423 e. The Balaban J connectivity index is 2.21. The molecule has 0 aliphatic heterocycles. The molecule has 0 spiro atoms. The fraction of sp³-hybridized carbons (Fsp3) is 0.333. The molecule has 0 aliphatic rings. The Hall–Kier alpha value is -2.51. The highest BCUT2D eigenvalue weighted by Crippen LogP contribution is 2.35. The molecule has 23 heavy (non-hydrogen) atoms. The first-order chi connectivity index (χ1) is 10.9. The number of rotatable bonds is 6. The van der Waals surface area contributed by atoms with Gasteiger partial charge in [-0.2, -0.15) is 18.2 Å². The van der Waals surface area contributed by atoms with Gasteiger partial charge in [-0.05, 0) is 38.1 Å². The molecular weight excluding hydrogens is 311 g/mol. The fourth-order valence-electron chi connectivity index (χ4n) is 1.80. The standard InChI is InChI=1S/C15H16F3N3O2/c1-3-22-11-7-5-10(6-8-11)20-14-19-9-12(15(16,17)18)13(21-14)23-4-2/h5-9H,3-4H2,1-2H3,(H,19,20,21). The lowest BCUT2D eigenvalue weighted by Crippen LogP contribution is -2.12. The topological polar surface area (TPSA) is 56.3 Å². The van der Waals surface area contributed by atoms with E-state index in [1.807, 2.05) is 6.92 Å². The summed E-state index contributed by atoms with van der Waals surface area (Å²) in [6, 6.07) is 6.90. The molecule has 5 nitrogen and oxygen atoms in total. The molecule has 0 aliphatic carbocycles. The normalized spacial score (nSPS) is 11.2. The lowest BCUT2D eigenvalue weighted by atomic mass is 10.3. The van der Waals surface area contributed by atoms with E-state index in [4.69, 9.17) is 9.47 Å². The highest BCUT2D eigenvalue weighted by atomic mass is 19.4. The van der Waals surface area contributed by atoms with Gasteiger partial charge in [-0.3, -0.25) is 0 Å². The number of benzene rings is 1. The maximum atomic E-state index is 12.9. The molecule has 1 N–H and O–H groups in total. The van der Waals surface area contributed by atoms with Crippen LogP contribution in [0, 0.1) is 0 Å². The summed E-state index contributed by atoms with van der Waals surface area (Å²) in [6.07, 6.45) is -3.86. The molecule has 1 heterocycles. The summed E-state index contributed by atoms with van der Waals surface area (Å²) in [6.45, 7) is 4.08. The van der Waals surface area contributed by atoms with Crippen molar-refractivity contribution in [3.63, 3.8) is 0 Å². The number of nitrogens with one attached hydrogen (secondary N) is 1. The second-order valence-corrected chi connectivity index (χ2v) is 4.43. The van der Waals surface area contributed by atoms with Crippen molar-refractivity contribution in [1.29, 1.82) is 0 Å². The van der Waals surface area contributed by atoms with Crippen molar-refractivity contribution in [3.05, 3.63) is 36.0 Å². The predicted octanol–water partition coefficient (Wildman–Crippen LogP) is 4.04. The van der Waals surface area contributed by atoms with Crippen molar-refractivity contribution in [2.24, 2.45) is 0 Å². The molecule has 0 unspecified atom stereocenters. The van der Waals surface area contributed by atoms with Crippen LogP contribution in [0.15, 0.2) is 30.5 Å². The minimum atomic E-state index is -4.57. The monoisotopic (exact) mass is 327 g/mol. The number of halogens is 3. The van der Waals surface area contributed by atoms with Crippen molar-refractivity contribution in [2.45, 2.75) is 20.0 Å². The van der Waals surface area contributed by atoms with Gasteiger partial charge < -0.3 is 14.8 Å². The van der Waals surface area contributed by atoms with Crippen molar-refractivity contribution in [2.75, 3.05) is 18.5 Å². The molecule has 0 fully saturated rings. The van der Waals surface area contributed by atoms with Gasteiger partial charge in [-0.1, -0.05) is 0 Å². The SMILES string of the molecule is CCOc1ccc(Nc2ncc(C(F)(F)F)c(OCC)n2)cc1. The van der Waals surface area contributed by atoms with Crippen molar-refractivity contribution in [1.82, 2.24) is 9.97 Å². The van der Waals surface area contributed by atoms with Crippen molar-refractivity contribution < 1.29 is 22.6 Å². The van der Waals surface area contributed by atoms with Crippen LogP contribution in [0.3, 0.4) is 0 Å². The molecule has 0 amide bonds.